The molecule has 21 heavy (non-hydrogen) atoms. The summed E-state index contributed by atoms with van der Waals surface area (Å²) in [6, 6.07) is 13.7. The van der Waals surface area contributed by atoms with Gasteiger partial charge in [0.25, 0.3) is 0 Å². The van der Waals surface area contributed by atoms with Gasteiger partial charge in [0.2, 0.25) is 0 Å². The first-order chi connectivity index (χ1) is 10.1. The molecule has 0 heterocycles. The number of benzene rings is 2. The number of aliphatic hydroxyl groups excluding tert-OH is 1. The molecule has 0 fully saturated rings. The molecule has 1 unspecified atom stereocenters. The standard InChI is InChI=1S/C17H19BrClNO/c1-12-9-16(19)6-5-13(12)7-8-20-11-17(21)14-3-2-4-15(18)10-14/h2-6,9-10,17,20-21H,7-8,11H2,1H3. The molecule has 2 rings (SSSR count). The highest BCUT2D eigenvalue weighted by atomic mass is 79.9. The highest BCUT2D eigenvalue weighted by Gasteiger charge is 2.07. The summed E-state index contributed by atoms with van der Waals surface area (Å²) in [6.07, 6.45) is 0.433. The maximum absolute atomic E-state index is 10.1. The third-order valence-electron chi connectivity index (χ3n) is 3.45. The number of aliphatic hydroxyl groups is 1. The minimum absolute atomic E-state index is 0.492. The first-order valence-corrected chi connectivity index (χ1v) is 8.12. The second-order valence-electron chi connectivity index (χ2n) is 5.10. The van der Waals surface area contributed by atoms with E-state index in [1.165, 1.54) is 11.1 Å². The van der Waals surface area contributed by atoms with E-state index >= 15 is 0 Å². The van der Waals surface area contributed by atoms with Crippen LogP contribution in [0.15, 0.2) is 46.9 Å². The maximum atomic E-state index is 10.1. The molecular formula is C17H19BrClNO. The van der Waals surface area contributed by atoms with Gasteiger partial charge in [-0.05, 0) is 60.8 Å². The van der Waals surface area contributed by atoms with Crippen LogP contribution in [-0.2, 0) is 6.42 Å². The molecule has 1 atom stereocenters. The topological polar surface area (TPSA) is 32.3 Å². The molecule has 0 radical (unpaired) electrons. The summed E-state index contributed by atoms with van der Waals surface area (Å²) in [5, 5.41) is 14.2. The van der Waals surface area contributed by atoms with Gasteiger partial charge in [-0.15, -0.1) is 0 Å². The van der Waals surface area contributed by atoms with Crippen molar-refractivity contribution in [3.63, 3.8) is 0 Å². The van der Waals surface area contributed by atoms with Gasteiger partial charge < -0.3 is 10.4 Å². The summed E-state index contributed by atoms with van der Waals surface area (Å²) in [5.41, 5.74) is 3.40. The lowest BCUT2D eigenvalue weighted by Gasteiger charge is -2.13. The fourth-order valence-electron chi connectivity index (χ4n) is 2.23. The summed E-state index contributed by atoms with van der Waals surface area (Å²) in [4.78, 5) is 0. The van der Waals surface area contributed by atoms with Gasteiger partial charge in [-0.3, -0.25) is 0 Å². The van der Waals surface area contributed by atoms with Crippen molar-refractivity contribution in [3.8, 4) is 0 Å². The number of hydrogen-bond acceptors (Lipinski definition) is 2. The SMILES string of the molecule is Cc1cc(Cl)ccc1CCNCC(O)c1cccc(Br)c1. The fraction of sp³-hybridized carbons (Fsp3) is 0.294. The molecule has 0 aliphatic heterocycles. The van der Waals surface area contributed by atoms with E-state index < -0.39 is 6.10 Å². The number of halogens is 2. The summed E-state index contributed by atoms with van der Waals surface area (Å²) in [6.45, 7) is 3.44. The van der Waals surface area contributed by atoms with Crippen LogP contribution in [0, 0.1) is 6.92 Å². The van der Waals surface area contributed by atoms with Crippen molar-refractivity contribution >= 4 is 27.5 Å². The van der Waals surface area contributed by atoms with Gasteiger partial charge in [0.15, 0.2) is 0 Å². The third-order valence-corrected chi connectivity index (χ3v) is 4.18. The molecule has 0 saturated carbocycles. The predicted octanol–water partition coefficient (Wildman–Crippen LogP) is 4.28. The van der Waals surface area contributed by atoms with Crippen molar-refractivity contribution in [2.75, 3.05) is 13.1 Å². The minimum atomic E-state index is -0.492. The molecule has 112 valence electrons. The number of nitrogens with one attached hydrogen (secondary N) is 1. The molecule has 4 heteroatoms. The van der Waals surface area contributed by atoms with E-state index in [4.69, 9.17) is 11.6 Å². The van der Waals surface area contributed by atoms with Crippen LogP contribution in [0.3, 0.4) is 0 Å². The monoisotopic (exact) mass is 367 g/mol. The fourth-order valence-corrected chi connectivity index (χ4v) is 2.88. The Morgan fingerprint density at radius 3 is 2.76 bits per heavy atom. The average Bonchev–Trinajstić information content (AvgIpc) is 2.45. The van der Waals surface area contributed by atoms with E-state index in [1.54, 1.807) is 0 Å². The van der Waals surface area contributed by atoms with Crippen LogP contribution in [-0.4, -0.2) is 18.2 Å². The summed E-state index contributed by atoms with van der Waals surface area (Å²) < 4.78 is 0.982. The molecule has 0 aliphatic rings. The van der Waals surface area contributed by atoms with Crippen LogP contribution in [0.1, 0.15) is 22.8 Å². The molecule has 0 bridgehead atoms. The highest BCUT2D eigenvalue weighted by molar-refractivity contribution is 9.10. The van der Waals surface area contributed by atoms with Gasteiger partial charge in [0.05, 0.1) is 6.10 Å². The van der Waals surface area contributed by atoms with Gasteiger partial charge >= 0.3 is 0 Å². The molecular weight excluding hydrogens is 350 g/mol. The summed E-state index contributed by atoms with van der Waals surface area (Å²) in [7, 11) is 0. The molecule has 0 aromatic heterocycles. The Bertz CT molecular complexity index is 603. The lowest BCUT2D eigenvalue weighted by molar-refractivity contribution is 0.175. The lowest BCUT2D eigenvalue weighted by atomic mass is 10.1. The largest absolute Gasteiger partial charge is 0.387 e. The summed E-state index contributed by atoms with van der Waals surface area (Å²) >= 11 is 9.36. The Balaban J connectivity index is 1.79. The molecule has 2 nitrogen and oxygen atoms in total. The second kappa shape index (κ2) is 7.95. The van der Waals surface area contributed by atoms with Crippen molar-refractivity contribution in [2.45, 2.75) is 19.4 Å². The predicted molar refractivity (Wildman–Crippen MR) is 91.9 cm³/mol. The molecule has 0 saturated heterocycles. The molecule has 0 aliphatic carbocycles. The van der Waals surface area contributed by atoms with E-state index in [1.807, 2.05) is 36.4 Å². The second-order valence-corrected chi connectivity index (χ2v) is 6.45. The van der Waals surface area contributed by atoms with Crippen molar-refractivity contribution in [3.05, 3.63) is 68.7 Å². The van der Waals surface area contributed by atoms with Crippen LogP contribution in [0.2, 0.25) is 5.02 Å². The van der Waals surface area contributed by atoms with Gasteiger partial charge in [0, 0.05) is 16.0 Å². The Kier molecular flexibility index (Phi) is 6.24. The minimum Gasteiger partial charge on any atom is -0.387 e. The Morgan fingerprint density at radius 2 is 2.05 bits per heavy atom. The Labute approximate surface area is 139 Å². The normalized spacial score (nSPS) is 12.4. The molecule has 2 aromatic rings. The van der Waals surface area contributed by atoms with Crippen LogP contribution in [0.4, 0.5) is 0 Å². The van der Waals surface area contributed by atoms with Gasteiger partial charge in [-0.2, -0.15) is 0 Å². The van der Waals surface area contributed by atoms with E-state index in [9.17, 15) is 5.11 Å². The van der Waals surface area contributed by atoms with Crippen LogP contribution < -0.4 is 5.32 Å². The first kappa shape index (κ1) is 16.5. The molecule has 2 aromatic carbocycles. The van der Waals surface area contributed by atoms with Crippen LogP contribution in [0.25, 0.3) is 0 Å². The molecule has 0 spiro atoms. The zero-order valence-electron chi connectivity index (χ0n) is 11.9. The average molecular weight is 369 g/mol. The highest BCUT2D eigenvalue weighted by Crippen LogP contribution is 2.18. The van der Waals surface area contributed by atoms with Gasteiger partial charge in [-0.25, -0.2) is 0 Å². The number of aryl methyl sites for hydroxylation is 1. The smallest absolute Gasteiger partial charge is 0.0914 e. The quantitative estimate of drug-likeness (QED) is 0.746. The maximum Gasteiger partial charge on any atom is 0.0914 e. The molecule has 0 amide bonds. The summed E-state index contributed by atoms with van der Waals surface area (Å²) in [5.74, 6) is 0. The van der Waals surface area contributed by atoms with Crippen molar-refractivity contribution in [1.82, 2.24) is 5.32 Å². The van der Waals surface area contributed by atoms with E-state index in [0.29, 0.717) is 6.54 Å². The van der Waals surface area contributed by atoms with E-state index in [2.05, 4.69) is 34.2 Å². The van der Waals surface area contributed by atoms with Crippen molar-refractivity contribution < 1.29 is 5.11 Å². The first-order valence-electron chi connectivity index (χ1n) is 6.95. The molecule has 2 N–H and O–H groups in total. The number of hydrogen-bond donors (Lipinski definition) is 2. The van der Waals surface area contributed by atoms with Crippen LogP contribution >= 0.6 is 27.5 Å². The number of rotatable bonds is 6. The zero-order chi connectivity index (χ0) is 15.2. The van der Waals surface area contributed by atoms with Crippen molar-refractivity contribution in [2.24, 2.45) is 0 Å². The van der Waals surface area contributed by atoms with Gasteiger partial charge in [0.1, 0.15) is 0 Å². The van der Waals surface area contributed by atoms with Crippen molar-refractivity contribution in [1.29, 1.82) is 0 Å². The van der Waals surface area contributed by atoms with E-state index in [-0.39, 0.29) is 0 Å². The van der Waals surface area contributed by atoms with Gasteiger partial charge in [-0.1, -0.05) is 45.7 Å². The zero-order valence-corrected chi connectivity index (χ0v) is 14.3. The Morgan fingerprint density at radius 1 is 1.24 bits per heavy atom. The van der Waals surface area contributed by atoms with Crippen LogP contribution in [0.5, 0.6) is 0 Å². The van der Waals surface area contributed by atoms with E-state index in [0.717, 1.165) is 28.0 Å². The Hall–Kier alpha value is -0.870. The lowest BCUT2D eigenvalue weighted by Crippen LogP contribution is -2.24. The third kappa shape index (κ3) is 5.11.